The highest BCUT2D eigenvalue weighted by Crippen LogP contribution is 2.15. The van der Waals surface area contributed by atoms with Crippen molar-refractivity contribution < 1.29 is 14.6 Å². The van der Waals surface area contributed by atoms with Gasteiger partial charge in [0.2, 0.25) is 0 Å². The Labute approximate surface area is 106 Å². The Balaban J connectivity index is 2.32. The fourth-order valence-electron chi connectivity index (χ4n) is 1.22. The first-order valence-electron chi connectivity index (χ1n) is 5.32. The van der Waals surface area contributed by atoms with Crippen LogP contribution in [0.15, 0.2) is 24.3 Å². The number of carboxylic acid groups (broad SMARTS) is 1. The zero-order valence-corrected chi connectivity index (χ0v) is 10.6. The quantitative estimate of drug-likeness (QED) is 0.848. The normalized spacial score (nSPS) is 12.5. The Kier molecular flexibility index (Phi) is 5.25. The van der Waals surface area contributed by atoms with Gasteiger partial charge < -0.3 is 9.84 Å². The summed E-state index contributed by atoms with van der Waals surface area (Å²) in [7, 11) is 1.75. The number of carboxylic acids is 1. The minimum Gasteiger partial charge on any atom is -0.492 e. The molecule has 0 radical (unpaired) electrons. The van der Waals surface area contributed by atoms with Crippen LogP contribution in [-0.4, -0.2) is 42.2 Å². The van der Waals surface area contributed by atoms with Gasteiger partial charge in [-0.05, 0) is 38.2 Å². The molecule has 0 spiro atoms. The maximum Gasteiger partial charge on any atom is 0.320 e. The van der Waals surface area contributed by atoms with Gasteiger partial charge >= 0.3 is 5.97 Å². The number of halogens is 1. The van der Waals surface area contributed by atoms with E-state index in [1.807, 2.05) is 0 Å². The molecule has 1 aromatic rings. The first-order chi connectivity index (χ1) is 8.00. The molecule has 0 saturated carbocycles. The van der Waals surface area contributed by atoms with Crippen molar-refractivity contribution in [2.75, 3.05) is 20.2 Å². The molecule has 0 aromatic heterocycles. The number of rotatable bonds is 6. The van der Waals surface area contributed by atoms with Gasteiger partial charge in [-0.3, -0.25) is 9.69 Å². The van der Waals surface area contributed by atoms with Crippen molar-refractivity contribution >= 4 is 17.6 Å². The minimum absolute atomic E-state index is 0.440. The number of hydrogen-bond donors (Lipinski definition) is 1. The lowest BCUT2D eigenvalue weighted by Gasteiger charge is -2.20. The highest BCUT2D eigenvalue weighted by atomic mass is 35.5. The molecule has 1 aromatic carbocycles. The summed E-state index contributed by atoms with van der Waals surface area (Å²) in [6, 6.07) is 6.55. The molecule has 0 aliphatic rings. The van der Waals surface area contributed by atoms with E-state index < -0.39 is 12.0 Å². The average molecular weight is 258 g/mol. The van der Waals surface area contributed by atoms with Crippen molar-refractivity contribution in [2.45, 2.75) is 13.0 Å². The Morgan fingerprint density at radius 2 is 2.06 bits per heavy atom. The fraction of sp³-hybridized carbons (Fsp3) is 0.417. The number of likely N-dealkylation sites (N-methyl/N-ethyl adjacent to an activating group) is 1. The van der Waals surface area contributed by atoms with Crippen LogP contribution in [0.5, 0.6) is 5.75 Å². The van der Waals surface area contributed by atoms with Gasteiger partial charge in [0.25, 0.3) is 0 Å². The third-order valence-electron chi connectivity index (χ3n) is 2.54. The van der Waals surface area contributed by atoms with E-state index in [9.17, 15) is 4.79 Å². The van der Waals surface area contributed by atoms with Crippen LogP contribution >= 0.6 is 11.6 Å². The van der Waals surface area contributed by atoms with Crippen molar-refractivity contribution in [2.24, 2.45) is 0 Å². The topological polar surface area (TPSA) is 49.8 Å². The fourth-order valence-corrected chi connectivity index (χ4v) is 1.35. The van der Waals surface area contributed by atoms with E-state index in [0.717, 1.165) is 5.75 Å². The lowest BCUT2D eigenvalue weighted by Crippen LogP contribution is -2.38. The number of aliphatic carboxylic acids is 1. The standard InChI is InChI=1S/C12H16ClNO3/c1-9(12(15)16)14(2)7-8-17-11-5-3-10(13)4-6-11/h3-6,9H,7-8H2,1-2H3,(H,15,16)/t9-/m1/s1. The Hall–Kier alpha value is -1.26. The summed E-state index contributed by atoms with van der Waals surface area (Å²) in [6.07, 6.45) is 0. The van der Waals surface area contributed by atoms with E-state index >= 15 is 0 Å². The Morgan fingerprint density at radius 3 is 2.59 bits per heavy atom. The zero-order chi connectivity index (χ0) is 12.8. The summed E-state index contributed by atoms with van der Waals surface area (Å²) < 4.78 is 5.47. The summed E-state index contributed by atoms with van der Waals surface area (Å²) in [5, 5.41) is 9.46. The van der Waals surface area contributed by atoms with Crippen LogP contribution in [-0.2, 0) is 4.79 Å². The smallest absolute Gasteiger partial charge is 0.320 e. The molecule has 5 heteroatoms. The van der Waals surface area contributed by atoms with Crippen molar-refractivity contribution in [3.8, 4) is 5.75 Å². The number of benzene rings is 1. The maximum absolute atomic E-state index is 10.7. The van der Waals surface area contributed by atoms with Crippen LogP contribution in [0.25, 0.3) is 0 Å². The Morgan fingerprint density at radius 1 is 1.47 bits per heavy atom. The van der Waals surface area contributed by atoms with E-state index in [1.165, 1.54) is 0 Å². The van der Waals surface area contributed by atoms with E-state index in [0.29, 0.717) is 18.2 Å². The second kappa shape index (κ2) is 6.47. The largest absolute Gasteiger partial charge is 0.492 e. The molecule has 4 nitrogen and oxygen atoms in total. The first-order valence-corrected chi connectivity index (χ1v) is 5.70. The molecule has 0 aliphatic carbocycles. The second-order valence-electron chi connectivity index (χ2n) is 3.80. The van der Waals surface area contributed by atoms with E-state index in [1.54, 1.807) is 43.1 Å². The number of hydrogen-bond acceptors (Lipinski definition) is 3. The van der Waals surface area contributed by atoms with Gasteiger partial charge in [-0.1, -0.05) is 11.6 Å². The molecular weight excluding hydrogens is 242 g/mol. The monoisotopic (exact) mass is 257 g/mol. The van der Waals surface area contributed by atoms with E-state index in [4.69, 9.17) is 21.4 Å². The predicted molar refractivity (Wildman–Crippen MR) is 66.7 cm³/mol. The maximum atomic E-state index is 10.7. The highest BCUT2D eigenvalue weighted by Gasteiger charge is 2.15. The SMILES string of the molecule is C[C@H](C(=O)O)N(C)CCOc1ccc(Cl)cc1. The van der Waals surface area contributed by atoms with E-state index in [-0.39, 0.29) is 0 Å². The third-order valence-corrected chi connectivity index (χ3v) is 2.80. The summed E-state index contributed by atoms with van der Waals surface area (Å²) in [5.74, 6) is -0.107. The van der Waals surface area contributed by atoms with Crippen LogP contribution in [0.2, 0.25) is 5.02 Å². The molecule has 1 rings (SSSR count). The molecule has 0 bridgehead atoms. The molecule has 0 heterocycles. The van der Waals surface area contributed by atoms with Gasteiger partial charge in [0.15, 0.2) is 0 Å². The predicted octanol–water partition coefficient (Wildman–Crippen LogP) is 2.12. The summed E-state index contributed by atoms with van der Waals surface area (Å²) >= 11 is 5.74. The molecule has 0 unspecified atom stereocenters. The van der Waals surface area contributed by atoms with Crippen molar-refractivity contribution in [1.29, 1.82) is 0 Å². The average Bonchev–Trinajstić information content (AvgIpc) is 2.30. The molecule has 1 atom stereocenters. The molecule has 0 fully saturated rings. The highest BCUT2D eigenvalue weighted by molar-refractivity contribution is 6.30. The molecule has 1 N–H and O–H groups in total. The molecular formula is C12H16ClNO3. The Bertz CT molecular complexity index is 367. The molecule has 0 aliphatic heterocycles. The number of nitrogens with zero attached hydrogens (tertiary/aromatic N) is 1. The van der Waals surface area contributed by atoms with Gasteiger partial charge in [-0.2, -0.15) is 0 Å². The van der Waals surface area contributed by atoms with Gasteiger partial charge in [0.1, 0.15) is 18.4 Å². The van der Waals surface area contributed by atoms with Crippen molar-refractivity contribution in [1.82, 2.24) is 4.90 Å². The van der Waals surface area contributed by atoms with Gasteiger partial charge in [-0.25, -0.2) is 0 Å². The van der Waals surface area contributed by atoms with Crippen molar-refractivity contribution in [3.63, 3.8) is 0 Å². The second-order valence-corrected chi connectivity index (χ2v) is 4.23. The van der Waals surface area contributed by atoms with Crippen LogP contribution < -0.4 is 4.74 Å². The lowest BCUT2D eigenvalue weighted by atomic mass is 10.3. The summed E-state index contributed by atoms with van der Waals surface area (Å²) in [5.41, 5.74) is 0. The molecule has 17 heavy (non-hydrogen) atoms. The molecule has 0 amide bonds. The van der Waals surface area contributed by atoms with Gasteiger partial charge in [0.05, 0.1) is 0 Å². The zero-order valence-electron chi connectivity index (χ0n) is 9.89. The van der Waals surface area contributed by atoms with E-state index in [2.05, 4.69) is 0 Å². The van der Waals surface area contributed by atoms with Crippen LogP contribution in [0.3, 0.4) is 0 Å². The summed E-state index contributed by atoms with van der Waals surface area (Å²) in [6.45, 7) is 2.64. The minimum atomic E-state index is -0.834. The summed E-state index contributed by atoms with van der Waals surface area (Å²) in [4.78, 5) is 12.4. The number of carbonyl (C=O) groups is 1. The third kappa shape index (κ3) is 4.63. The molecule has 94 valence electrons. The molecule has 0 saturated heterocycles. The van der Waals surface area contributed by atoms with Crippen LogP contribution in [0.4, 0.5) is 0 Å². The lowest BCUT2D eigenvalue weighted by molar-refractivity contribution is -0.142. The van der Waals surface area contributed by atoms with Crippen LogP contribution in [0.1, 0.15) is 6.92 Å². The van der Waals surface area contributed by atoms with Gasteiger partial charge in [-0.15, -0.1) is 0 Å². The first kappa shape index (κ1) is 13.8. The van der Waals surface area contributed by atoms with Crippen molar-refractivity contribution in [3.05, 3.63) is 29.3 Å². The van der Waals surface area contributed by atoms with Crippen LogP contribution in [0, 0.1) is 0 Å². The van der Waals surface area contributed by atoms with Gasteiger partial charge in [0, 0.05) is 11.6 Å². The number of ether oxygens (including phenoxy) is 1.